The minimum Gasteiger partial charge on any atom is -0.314 e. The van der Waals surface area contributed by atoms with E-state index >= 15 is 0 Å². The molecule has 0 spiro atoms. The molecule has 1 atom stereocenters. The van der Waals surface area contributed by atoms with Crippen molar-refractivity contribution in [2.24, 2.45) is 5.92 Å². The van der Waals surface area contributed by atoms with Crippen LogP contribution < -0.4 is 5.32 Å². The van der Waals surface area contributed by atoms with Gasteiger partial charge in [-0.1, -0.05) is 13.8 Å². The highest BCUT2D eigenvalue weighted by atomic mass is 15.3. The summed E-state index contributed by atoms with van der Waals surface area (Å²) in [6.07, 6.45) is 7.95. The SMILES string of the molecule is CC(C)Cn1cc(CN2CCNCC2c2ccncc2)cn1. The van der Waals surface area contributed by atoms with Gasteiger partial charge in [0, 0.05) is 62.9 Å². The molecule has 2 aromatic heterocycles. The molecule has 0 saturated carbocycles. The first kappa shape index (κ1) is 15.2. The Hall–Kier alpha value is -1.72. The van der Waals surface area contributed by atoms with Gasteiger partial charge in [-0.2, -0.15) is 5.10 Å². The molecule has 1 N–H and O–H groups in total. The van der Waals surface area contributed by atoms with Gasteiger partial charge in [-0.25, -0.2) is 0 Å². The number of rotatable bonds is 5. The maximum atomic E-state index is 4.48. The van der Waals surface area contributed by atoms with Gasteiger partial charge in [0.25, 0.3) is 0 Å². The monoisotopic (exact) mass is 299 g/mol. The third-order valence-corrected chi connectivity index (χ3v) is 4.07. The zero-order valence-corrected chi connectivity index (χ0v) is 13.4. The summed E-state index contributed by atoms with van der Waals surface area (Å²) in [5, 5.41) is 7.98. The number of nitrogens with one attached hydrogen (secondary N) is 1. The van der Waals surface area contributed by atoms with Crippen molar-refractivity contribution in [3.8, 4) is 0 Å². The molecule has 0 bridgehead atoms. The predicted octanol–water partition coefficient (Wildman–Crippen LogP) is 2.08. The van der Waals surface area contributed by atoms with Gasteiger partial charge in [-0.05, 0) is 23.6 Å². The molecule has 1 aliphatic heterocycles. The average Bonchev–Trinajstić information content (AvgIpc) is 2.95. The number of nitrogens with zero attached hydrogens (tertiary/aromatic N) is 4. The maximum absolute atomic E-state index is 4.48. The van der Waals surface area contributed by atoms with Gasteiger partial charge in [-0.3, -0.25) is 14.6 Å². The van der Waals surface area contributed by atoms with E-state index in [1.807, 2.05) is 18.6 Å². The number of aromatic nitrogens is 3. The van der Waals surface area contributed by atoms with E-state index in [1.54, 1.807) is 0 Å². The lowest BCUT2D eigenvalue weighted by Crippen LogP contribution is -2.45. The lowest BCUT2D eigenvalue weighted by Gasteiger charge is -2.36. The van der Waals surface area contributed by atoms with Gasteiger partial charge in [0.15, 0.2) is 0 Å². The number of hydrogen-bond donors (Lipinski definition) is 1. The normalized spacial score (nSPS) is 19.7. The Morgan fingerprint density at radius 3 is 2.91 bits per heavy atom. The molecule has 1 fully saturated rings. The van der Waals surface area contributed by atoms with Crippen LogP contribution in [0.1, 0.15) is 31.0 Å². The van der Waals surface area contributed by atoms with Crippen LogP contribution in [-0.4, -0.2) is 39.3 Å². The van der Waals surface area contributed by atoms with Crippen molar-refractivity contribution in [2.75, 3.05) is 19.6 Å². The number of piperazine rings is 1. The standard InChI is InChI=1S/C17H25N5/c1-14(2)11-22-13-15(9-20-22)12-21-8-7-19-10-17(21)16-3-5-18-6-4-16/h3-6,9,13-14,17,19H,7-8,10-12H2,1-2H3. The fourth-order valence-electron chi connectivity index (χ4n) is 3.05. The van der Waals surface area contributed by atoms with Crippen molar-refractivity contribution in [1.82, 2.24) is 25.0 Å². The molecule has 3 heterocycles. The van der Waals surface area contributed by atoms with Crippen molar-refractivity contribution in [2.45, 2.75) is 33.0 Å². The van der Waals surface area contributed by atoms with Crippen molar-refractivity contribution in [1.29, 1.82) is 0 Å². The molecule has 5 nitrogen and oxygen atoms in total. The van der Waals surface area contributed by atoms with Crippen LogP contribution in [0.2, 0.25) is 0 Å². The van der Waals surface area contributed by atoms with Gasteiger partial charge in [0.1, 0.15) is 0 Å². The number of hydrogen-bond acceptors (Lipinski definition) is 4. The second kappa shape index (κ2) is 7.03. The lowest BCUT2D eigenvalue weighted by molar-refractivity contribution is 0.153. The maximum Gasteiger partial charge on any atom is 0.0534 e. The van der Waals surface area contributed by atoms with Crippen molar-refractivity contribution < 1.29 is 0 Å². The fourth-order valence-corrected chi connectivity index (χ4v) is 3.05. The molecule has 0 amide bonds. The molecule has 22 heavy (non-hydrogen) atoms. The van der Waals surface area contributed by atoms with Gasteiger partial charge >= 0.3 is 0 Å². The summed E-state index contributed by atoms with van der Waals surface area (Å²) < 4.78 is 2.06. The third-order valence-electron chi connectivity index (χ3n) is 4.07. The van der Waals surface area contributed by atoms with Crippen LogP contribution in [0.3, 0.4) is 0 Å². The summed E-state index contributed by atoms with van der Waals surface area (Å²) in [5.74, 6) is 0.622. The Kier molecular flexibility index (Phi) is 4.85. The zero-order chi connectivity index (χ0) is 15.4. The van der Waals surface area contributed by atoms with Crippen LogP contribution in [0.25, 0.3) is 0 Å². The van der Waals surface area contributed by atoms with Crippen molar-refractivity contribution in [3.63, 3.8) is 0 Å². The molecular formula is C17H25N5. The molecule has 0 aliphatic carbocycles. The van der Waals surface area contributed by atoms with E-state index in [4.69, 9.17) is 0 Å². The second-order valence-corrected chi connectivity index (χ2v) is 6.44. The Bertz CT molecular complexity index is 578. The second-order valence-electron chi connectivity index (χ2n) is 6.44. The van der Waals surface area contributed by atoms with Gasteiger partial charge in [-0.15, -0.1) is 0 Å². The Labute approximate surface area is 132 Å². The molecule has 0 aromatic carbocycles. The summed E-state index contributed by atoms with van der Waals surface area (Å²) in [6, 6.07) is 4.64. The molecule has 1 saturated heterocycles. The minimum atomic E-state index is 0.408. The molecule has 1 aliphatic rings. The van der Waals surface area contributed by atoms with Crippen molar-refractivity contribution >= 4 is 0 Å². The van der Waals surface area contributed by atoms with E-state index in [-0.39, 0.29) is 0 Å². The molecule has 2 aromatic rings. The van der Waals surface area contributed by atoms with Crippen LogP contribution in [0.15, 0.2) is 36.9 Å². The lowest BCUT2D eigenvalue weighted by atomic mass is 10.0. The molecule has 5 heteroatoms. The molecular weight excluding hydrogens is 274 g/mol. The van der Waals surface area contributed by atoms with Crippen LogP contribution in [0.4, 0.5) is 0 Å². The summed E-state index contributed by atoms with van der Waals surface area (Å²) in [7, 11) is 0. The number of pyridine rings is 1. The summed E-state index contributed by atoms with van der Waals surface area (Å²) in [5.41, 5.74) is 2.62. The first-order valence-corrected chi connectivity index (χ1v) is 8.08. The first-order chi connectivity index (χ1) is 10.7. The Morgan fingerprint density at radius 2 is 2.14 bits per heavy atom. The highest BCUT2D eigenvalue weighted by Gasteiger charge is 2.24. The predicted molar refractivity (Wildman–Crippen MR) is 87.3 cm³/mol. The third kappa shape index (κ3) is 3.72. The van der Waals surface area contributed by atoms with E-state index < -0.39 is 0 Å². The summed E-state index contributed by atoms with van der Waals surface area (Å²) in [6.45, 7) is 9.46. The van der Waals surface area contributed by atoms with Gasteiger partial charge < -0.3 is 5.32 Å². The molecule has 3 rings (SSSR count). The van der Waals surface area contributed by atoms with Crippen LogP contribution in [0, 0.1) is 5.92 Å². The van der Waals surface area contributed by atoms with Crippen LogP contribution in [-0.2, 0) is 13.1 Å². The average molecular weight is 299 g/mol. The van der Waals surface area contributed by atoms with Gasteiger partial charge in [0.05, 0.1) is 6.20 Å². The van der Waals surface area contributed by atoms with Crippen molar-refractivity contribution in [3.05, 3.63) is 48.0 Å². The summed E-state index contributed by atoms with van der Waals surface area (Å²) >= 11 is 0. The Morgan fingerprint density at radius 1 is 1.32 bits per heavy atom. The zero-order valence-electron chi connectivity index (χ0n) is 13.4. The minimum absolute atomic E-state index is 0.408. The summed E-state index contributed by atoms with van der Waals surface area (Å²) in [4.78, 5) is 6.66. The quantitative estimate of drug-likeness (QED) is 0.918. The van der Waals surface area contributed by atoms with E-state index in [1.165, 1.54) is 11.1 Å². The van der Waals surface area contributed by atoms with Gasteiger partial charge in [0.2, 0.25) is 0 Å². The van der Waals surface area contributed by atoms with Crippen LogP contribution >= 0.6 is 0 Å². The van der Waals surface area contributed by atoms with E-state index in [0.29, 0.717) is 12.0 Å². The fraction of sp³-hybridized carbons (Fsp3) is 0.529. The first-order valence-electron chi connectivity index (χ1n) is 8.08. The molecule has 1 unspecified atom stereocenters. The smallest absolute Gasteiger partial charge is 0.0534 e. The highest BCUT2D eigenvalue weighted by Crippen LogP contribution is 2.23. The molecule has 0 radical (unpaired) electrons. The van der Waals surface area contributed by atoms with E-state index in [2.05, 4.69) is 57.2 Å². The topological polar surface area (TPSA) is 46.0 Å². The van der Waals surface area contributed by atoms with E-state index in [9.17, 15) is 0 Å². The van der Waals surface area contributed by atoms with E-state index in [0.717, 1.165) is 32.7 Å². The largest absolute Gasteiger partial charge is 0.314 e. The molecule has 118 valence electrons. The highest BCUT2D eigenvalue weighted by molar-refractivity contribution is 5.17. The van der Waals surface area contributed by atoms with Crippen LogP contribution in [0.5, 0.6) is 0 Å². The Balaban J connectivity index is 1.70.